The van der Waals surface area contributed by atoms with E-state index in [0.29, 0.717) is 13.0 Å². The molecular weight excluding hydrogens is 304 g/mol. The normalized spacial score (nSPS) is 13.5. The number of hydrogen-bond donors (Lipinski definition) is 0. The molecule has 0 aliphatic carbocycles. The van der Waals surface area contributed by atoms with E-state index in [0.717, 1.165) is 10.0 Å². The lowest BCUT2D eigenvalue weighted by molar-refractivity contribution is 0.431. The van der Waals surface area contributed by atoms with Gasteiger partial charge in [-0.3, -0.25) is 4.68 Å². The van der Waals surface area contributed by atoms with Crippen LogP contribution < -0.4 is 0 Å². The van der Waals surface area contributed by atoms with E-state index < -0.39 is 5.41 Å². The van der Waals surface area contributed by atoms with Crippen LogP contribution in [0.25, 0.3) is 0 Å². The topological polar surface area (TPSA) is 54.5 Å². The van der Waals surface area contributed by atoms with Crippen LogP contribution in [0.2, 0.25) is 0 Å². The molecule has 0 aliphatic rings. The molecule has 0 spiro atoms. The Bertz CT molecular complexity index is 583. The van der Waals surface area contributed by atoms with Gasteiger partial charge in [-0.25, -0.2) is 4.98 Å². The lowest BCUT2D eigenvalue weighted by Crippen LogP contribution is -2.30. The average Bonchev–Trinajstić information content (AvgIpc) is 2.92. The first-order valence-corrected chi connectivity index (χ1v) is 6.60. The minimum atomic E-state index is -0.670. The first-order valence-electron chi connectivity index (χ1n) is 5.81. The molecule has 2 rings (SSSR count). The number of rotatable bonds is 5. The van der Waals surface area contributed by atoms with Crippen LogP contribution in [-0.4, -0.2) is 14.8 Å². The van der Waals surface area contributed by atoms with Gasteiger partial charge in [0.25, 0.3) is 0 Å². The van der Waals surface area contributed by atoms with E-state index >= 15 is 0 Å². The highest BCUT2D eigenvalue weighted by molar-refractivity contribution is 9.10. The zero-order valence-corrected chi connectivity index (χ0v) is 11.9. The summed E-state index contributed by atoms with van der Waals surface area (Å²) in [5.41, 5.74) is 0.282. The quantitative estimate of drug-likeness (QED) is 0.796. The third kappa shape index (κ3) is 2.91. The molecule has 0 amide bonds. The lowest BCUT2D eigenvalue weighted by Gasteiger charge is -2.25. The molecule has 5 heteroatoms. The highest BCUT2D eigenvalue weighted by Crippen LogP contribution is 2.30. The Balaban J connectivity index is 2.41. The Morgan fingerprint density at radius 2 is 2.16 bits per heavy atom. The first-order chi connectivity index (χ1) is 9.20. The number of nitriles is 1. The van der Waals surface area contributed by atoms with Crippen LogP contribution in [0.5, 0.6) is 0 Å². The van der Waals surface area contributed by atoms with E-state index in [1.807, 2.05) is 24.3 Å². The van der Waals surface area contributed by atoms with Crippen molar-refractivity contribution in [1.29, 1.82) is 5.26 Å². The predicted octanol–water partition coefficient (Wildman–Crippen LogP) is 3.08. The van der Waals surface area contributed by atoms with Gasteiger partial charge in [0.2, 0.25) is 0 Å². The van der Waals surface area contributed by atoms with Gasteiger partial charge in [0.05, 0.1) is 12.6 Å². The van der Waals surface area contributed by atoms with Crippen molar-refractivity contribution in [2.75, 3.05) is 0 Å². The maximum atomic E-state index is 9.66. The second kappa shape index (κ2) is 5.81. The summed E-state index contributed by atoms with van der Waals surface area (Å²) in [5, 5.41) is 13.7. The van der Waals surface area contributed by atoms with E-state index in [2.05, 4.69) is 38.7 Å². The SMILES string of the molecule is C=CCC(C#N)(Cn1cncn1)c1ccc(Br)cc1. The highest BCUT2D eigenvalue weighted by Gasteiger charge is 2.32. The predicted molar refractivity (Wildman–Crippen MR) is 76.3 cm³/mol. The molecule has 0 bridgehead atoms. The van der Waals surface area contributed by atoms with Gasteiger partial charge < -0.3 is 0 Å². The number of nitrogens with zero attached hydrogens (tertiary/aromatic N) is 4. The van der Waals surface area contributed by atoms with Crippen molar-refractivity contribution in [3.05, 3.63) is 59.6 Å². The molecule has 1 aromatic heterocycles. The van der Waals surface area contributed by atoms with Crippen molar-refractivity contribution < 1.29 is 0 Å². The Morgan fingerprint density at radius 3 is 2.68 bits per heavy atom. The van der Waals surface area contributed by atoms with Gasteiger partial charge >= 0.3 is 0 Å². The van der Waals surface area contributed by atoms with E-state index in [9.17, 15) is 5.26 Å². The summed E-state index contributed by atoms with van der Waals surface area (Å²) >= 11 is 3.40. The maximum absolute atomic E-state index is 9.66. The van der Waals surface area contributed by atoms with Gasteiger partial charge in [0.15, 0.2) is 0 Å². The van der Waals surface area contributed by atoms with E-state index in [-0.39, 0.29) is 0 Å². The standard InChI is InChI=1S/C14H13BrN4/c1-2-7-14(8-16,9-19-11-17-10-18-19)12-3-5-13(15)6-4-12/h2-6,10-11H,1,7,9H2. The van der Waals surface area contributed by atoms with Crippen molar-refractivity contribution in [3.8, 4) is 6.07 Å². The molecule has 2 aromatic rings. The Hall–Kier alpha value is -1.93. The van der Waals surface area contributed by atoms with Crippen LogP contribution in [0.1, 0.15) is 12.0 Å². The van der Waals surface area contributed by atoms with Gasteiger partial charge in [-0.15, -0.1) is 6.58 Å². The third-order valence-electron chi connectivity index (χ3n) is 3.00. The number of aromatic nitrogens is 3. The van der Waals surface area contributed by atoms with E-state index in [4.69, 9.17) is 0 Å². The Morgan fingerprint density at radius 1 is 1.42 bits per heavy atom. The van der Waals surface area contributed by atoms with Crippen LogP contribution in [0.3, 0.4) is 0 Å². The maximum Gasteiger partial charge on any atom is 0.137 e. The molecule has 19 heavy (non-hydrogen) atoms. The largest absolute Gasteiger partial charge is 0.251 e. The van der Waals surface area contributed by atoms with Gasteiger partial charge in [-0.1, -0.05) is 34.1 Å². The number of halogens is 1. The molecule has 0 aliphatic heterocycles. The smallest absolute Gasteiger partial charge is 0.137 e. The van der Waals surface area contributed by atoms with Gasteiger partial charge in [0.1, 0.15) is 18.1 Å². The summed E-state index contributed by atoms with van der Waals surface area (Å²) in [5.74, 6) is 0. The van der Waals surface area contributed by atoms with Crippen LogP contribution in [0.15, 0.2) is 54.0 Å². The van der Waals surface area contributed by atoms with E-state index in [1.165, 1.54) is 6.33 Å². The van der Waals surface area contributed by atoms with E-state index in [1.54, 1.807) is 17.1 Å². The number of allylic oxidation sites excluding steroid dienone is 1. The zero-order chi connectivity index (χ0) is 13.7. The monoisotopic (exact) mass is 316 g/mol. The van der Waals surface area contributed by atoms with Crippen molar-refractivity contribution in [2.24, 2.45) is 0 Å². The summed E-state index contributed by atoms with van der Waals surface area (Å²) < 4.78 is 2.66. The molecule has 1 aromatic carbocycles. The fraction of sp³-hybridized carbons (Fsp3) is 0.214. The summed E-state index contributed by atoms with van der Waals surface area (Å²) in [6, 6.07) is 10.2. The van der Waals surface area contributed by atoms with Gasteiger partial charge in [-0.2, -0.15) is 10.4 Å². The Kier molecular flexibility index (Phi) is 4.13. The van der Waals surface area contributed by atoms with Crippen LogP contribution in [0.4, 0.5) is 0 Å². The molecule has 1 heterocycles. The van der Waals surface area contributed by atoms with Crippen molar-refractivity contribution in [2.45, 2.75) is 18.4 Å². The molecule has 0 fully saturated rings. The number of benzene rings is 1. The molecule has 1 unspecified atom stereocenters. The molecule has 0 N–H and O–H groups in total. The summed E-state index contributed by atoms with van der Waals surface area (Å²) in [6.07, 6.45) is 5.42. The molecule has 0 radical (unpaired) electrons. The highest BCUT2D eigenvalue weighted by atomic mass is 79.9. The fourth-order valence-electron chi connectivity index (χ4n) is 2.03. The second-order valence-corrected chi connectivity index (χ2v) is 5.20. The van der Waals surface area contributed by atoms with Crippen LogP contribution in [-0.2, 0) is 12.0 Å². The minimum absolute atomic E-state index is 0.456. The molecule has 0 saturated carbocycles. The van der Waals surface area contributed by atoms with Crippen molar-refractivity contribution in [3.63, 3.8) is 0 Å². The number of hydrogen-bond acceptors (Lipinski definition) is 3. The average molecular weight is 317 g/mol. The molecule has 0 saturated heterocycles. The minimum Gasteiger partial charge on any atom is -0.251 e. The molecule has 1 atom stereocenters. The van der Waals surface area contributed by atoms with Crippen LogP contribution in [0, 0.1) is 11.3 Å². The first kappa shape index (κ1) is 13.5. The van der Waals surface area contributed by atoms with Gasteiger partial charge in [0, 0.05) is 4.47 Å². The van der Waals surface area contributed by atoms with Gasteiger partial charge in [-0.05, 0) is 24.1 Å². The summed E-state index contributed by atoms with van der Waals surface area (Å²) in [4.78, 5) is 3.92. The molecule has 96 valence electrons. The Labute approximate surface area is 120 Å². The zero-order valence-electron chi connectivity index (χ0n) is 10.3. The van der Waals surface area contributed by atoms with Crippen LogP contribution >= 0.6 is 15.9 Å². The molecular formula is C14H13BrN4. The van der Waals surface area contributed by atoms with Crippen molar-refractivity contribution in [1.82, 2.24) is 14.8 Å². The third-order valence-corrected chi connectivity index (χ3v) is 3.53. The molecule has 4 nitrogen and oxygen atoms in total. The fourth-order valence-corrected chi connectivity index (χ4v) is 2.29. The summed E-state index contributed by atoms with van der Waals surface area (Å²) in [7, 11) is 0. The summed E-state index contributed by atoms with van der Waals surface area (Å²) in [6.45, 7) is 4.22. The lowest BCUT2D eigenvalue weighted by atomic mass is 9.79. The van der Waals surface area contributed by atoms with Crippen molar-refractivity contribution >= 4 is 15.9 Å². The second-order valence-electron chi connectivity index (χ2n) is 4.29.